The molecule has 0 saturated carbocycles. The van der Waals surface area contributed by atoms with Gasteiger partial charge in [-0.2, -0.15) is 5.48 Å². The van der Waals surface area contributed by atoms with Gasteiger partial charge in [0.15, 0.2) is 0 Å². The number of hydroxylamine groups is 1. The monoisotopic (exact) mass is 288 g/mol. The Balaban J connectivity index is 2.07. The number of nitrogens with two attached hydrogens (primary N) is 1. The first-order valence-electron chi connectivity index (χ1n) is 4.70. The summed E-state index contributed by atoms with van der Waals surface area (Å²) >= 11 is 3.33. The minimum absolute atomic E-state index is 0.141. The van der Waals surface area contributed by atoms with Crippen molar-refractivity contribution in [1.82, 2.24) is 5.48 Å². The molecule has 0 spiro atoms. The highest BCUT2D eigenvalue weighted by atomic mass is 79.9. The third kappa shape index (κ3) is 5.69. The Labute approximate surface area is 102 Å². The van der Waals surface area contributed by atoms with Crippen LogP contribution >= 0.6 is 15.9 Å². The van der Waals surface area contributed by atoms with Gasteiger partial charge in [-0.1, -0.05) is 15.9 Å². The van der Waals surface area contributed by atoms with Crippen LogP contribution in [0.3, 0.4) is 0 Å². The molecule has 0 saturated heterocycles. The van der Waals surface area contributed by atoms with Crippen molar-refractivity contribution in [2.24, 2.45) is 5.73 Å². The van der Waals surface area contributed by atoms with Crippen LogP contribution in [-0.4, -0.2) is 25.7 Å². The lowest BCUT2D eigenvalue weighted by Gasteiger charge is -2.07. The summed E-state index contributed by atoms with van der Waals surface area (Å²) in [4.78, 5) is 15.0. The van der Waals surface area contributed by atoms with Crippen molar-refractivity contribution < 1.29 is 14.4 Å². The van der Waals surface area contributed by atoms with Gasteiger partial charge in [0.2, 0.25) is 5.91 Å². The van der Waals surface area contributed by atoms with E-state index in [0.717, 1.165) is 10.2 Å². The molecule has 0 aliphatic carbocycles. The van der Waals surface area contributed by atoms with Gasteiger partial charge in [-0.05, 0) is 24.3 Å². The molecule has 1 aromatic rings. The molecule has 0 radical (unpaired) electrons. The number of primary amides is 1. The Kier molecular flexibility index (Phi) is 5.84. The fourth-order valence-electron chi connectivity index (χ4n) is 0.936. The highest BCUT2D eigenvalue weighted by molar-refractivity contribution is 9.10. The lowest BCUT2D eigenvalue weighted by atomic mass is 10.3. The number of halogens is 1. The van der Waals surface area contributed by atoms with Gasteiger partial charge in [-0.3, -0.25) is 9.63 Å². The highest BCUT2D eigenvalue weighted by Crippen LogP contribution is 2.15. The number of carbonyl (C=O) groups is 1. The van der Waals surface area contributed by atoms with E-state index in [1.54, 1.807) is 0 Å². The van der Waals surface area contributed by atoms with E-state index in [2.05, 4.69) is 21.4 Å². The molecule has 0 atom stereocenters. The summed E-state index contributed by atoms with van der Waals surface area (Å²) in [5.74, 6) is 0.265. The molecule has 0 fully saturated rings. The van der Waals surface area contributed by atoms with E-state index in [9.17, 15) is 4.79 Å². The highest BCUT2D eigenvalue weighted by Gasteiger charge is 1.95. The average Bonchev–Trinajstić information content (AvgIpc) is 2.25. The van der Waals surface area contributed by atoms with E-state index < -0.39 is 5.91 Å². The van der Waals surface area contributed by atoms with E-state index in [1.807, 2.05) is 24.3 Å². The van der Waals surface area contributed by atoms with Crippen molar-refractivity contribution in [2.45, 2.75) is 0 Å². The molecule has 88 valence electrons. The number of ether oxygens (including phenoxy) is 1. The van der Waals surface area contributed by atoms with Crippen molar-refractivity contribution >= 4 is 21.8 Å². The fourth-order valence-corrected chi connectivity index (χ4v) is 1.20. The van der Waals surface area contributed by atoms with Crippen LogP contribution in [0.4, 0.5) is 0 Å². The van der Waals surface area contributed by atoms with Crippen molar-refractivity contribution in [2.75, 3.05) is 19.8 Å². The van der Waals surface area contributed by atoms with Crippen LogP contribution in [0.25, 0.3) is 0 Å². The van der Waals surface area contributed by atoms with Crippen LogP contribution in [0.15, 0.2) is 28.7 Å². The molecule has 5 nitrogen and oxygen atoms in total. The van der Waals surface area contributed by atoms with Gasteiger partial charge in [0.1, 0.15) is 19.0 Å². The first-order chi connectivity index (χ1) is 7.68. The zero-order valence-corrected chi connectivity index (χ0v) is 10.2. The third-order valence-corrected chi connectivity index (χ3v) is 2.13. The lowest BCUT2D eigenvalue weighted by Crippen LogP contribution is -2.27. The molecule has 16 heavy (non-hydrogen) atoms. The van der Waals surface area contributed by atoms with Gasteiger partial charge in [-0.25, -0.2) is 0 Å². The Morgan fingerprint density at radius 2 is 2.06 bits per heavy atom. The summed E-state index contributed by atoms with van der Waals surface area (Å²) in [6.07, 6.45) is 0. The van der Waals surface area contributed by atoms with Crippen LogP contribution in [0.1, 0.15) is 0 Å². The maximum atomic E-state index is 10.3. The quantitative estimate of drug-likeness (QED) is 0.576. The van der Waals surface area contributed by atoms with Gasteiger partial charge < -0.3 is 10.5 Å². The molecule has 0 aromatic heterocycles. The van der Waals surface area contributed by atoms with Gasteiger partial charge in [0, 0.05) is 4.47 Å². The zero-order chi connectivity index (χ0) is 11.8. The zero-order valence-electron chi connectivity index (χ0n) is 8.61. The van der Waals surface area contributed by atoms with Crippen molar-refractivity contribution in [3.8, 4) is 5.75 Å². The minimum Gasteiger partial charge on any atom is -0.492 e. The Hall–Kier alpha value is -1.11. The molecule has 0 heterocycles. The van der Waals surface area contributed by atoms with Crippen LogP contribution in [0.2, 0.25) is 0 Å². The number of amides is 1. The van der Waals surface area contributed by atoms with Crippen LogP contribution in [-0.2, 0) is 9.63 Å². The predicted octanol–water partition coefficient (Wildman–Crippen LogP) is 0.834. The van der Waals surface area contributed by atoms with Crippen molar-refractivity contribution in [3.63, 3.8) is 0 Å². The molecule has 0 aliphatic rings. The average molecular weight is 289 g/mol. The maximum absolute atomic E-state index is 10.3. The van der Waals surface area contributed by atoms with Crippen LogP contribution in [0, 0.1) is 0 Å². The SMILES string of the molecule is NC(=O)CONCCOc1ccc(Br)cc1. The smallest absolute Gasteiger partial charge is 0.245 e. The summed E-state index contributed by atoms with van der Waals surface area (Å²) in [6, 6.07) is 7.50. The van der Waals surface area contributed by atoms with E-state index in [4.69, 9.17) is 15.3 Å². The summed E-state index contributed by atoms with van der Waals surface area (Å²) < 4.78 is 6.39. The second-order valence-electron chi connectivity index (χ2n) is 2.95. The molecule has 0 unspecified atom stereocenters. The third-order valence-electron chi connectivity index (χ3n) is 1.60. The first kappa shape index (κ1) is 13.0. The number of carbonyl (C=O) groups excluding carboxylic acids is 1. The summed E-state index contributed by atoms with van der Waals surface area (Å²) in [7, 11) is 0. The molecule has 1 aromatic carbocycles. The van der Waals surface area contributed by atoms with E-state index in [0.29, 0.717) is 13.2 Å². The maximum Gasteiger partial charge on any atom is 0.245 e. The number of hydrogen-bond donors (Lipinski definition) is 2. The van der Waals surface area contributed by atoms with E-state index >= 15 is 0 Å². The second kappa shape index (κ2) is 7.21. The number of nitrogens with one attached hydrogen (secondary N) is 1. The van der Waals surface area contributed by atoms with E-state index in [1.165, 1.54) is 0 Å². The Morgan fingerprint density at radius 3 is 2.69 bits per heavy atom. The molecule has 1 amide bonds. The van der Waals surface area contributed by atoms with Gasteiger partial charge >= 0.3 is 0 Å². The lowest BCUT2D eigenvalue weighted by molar-refractivity contribution is -0.125. The molecular formula is C10H13BrN2O3. The topological polar surface area (TPSA) is 73.6 Å². The Morgan fingerprint density at radius 1 is 1.38 bits per heavy atom. The van der Waals surface area contributed by atoms with Gasteiger partial charge in [-0.15, -0.1) is 0 Å². The number of rotatable bonds is 7. The fraction of sp³-hybridized carbons (Fsp3) is 0.300. The molecule has 6 heteroatoms. The number of hydrogen-bond acceptors (Lipinski definition) is 4. The molecule has 3 N–H and O–H groups in total. The first-order valence-corrected chi connectivity index (χ1v) is 5.49. The molecule has 1 rings (SSSR count). The molecule has 0 aliphatic heterocycles. The minimum atomic E-state index is -0.513. The Bertz CT molecular complexity index is 329. The second-order valence-corrected chi connectivity index (χ2v) is 3.87. The van der Waals surface area contributed by atoms with Crippen LogP contribution < -0.4 is 16.0 Å². The predicted molar refractivity (Wildman–Crippen MR) is 62.8 cm³/mol. The van der Waals surface area contributed by atoms with Crippen LogP contribution in [0.5, 0.6) is 5.75 Å². The summed E-state index contributed by atoms with van der Waals surface area (Å²) in [6.45, 7) is 0.780. The number of benzene rings is 1. The van der Waals surface area contributed by atoms with Crippen molar-refractivity contribution in [1.29, 1.82) is 0 Å². The summed E-state index contributed by atoms with van der Waals surface area (Å²) in [5.41, 5.74) is 7.44. The summed E-state index contributed by atoms with van der Waals surface area (Å²) in [5, 5.41) is 0. The van der Waals surface area contributed by atoms with Gasteiger partial charge in [0.25, 0.3) is 0 Å². The largest absolute Gasteiger partial charge is 0.492 e. The normalized spacial score (nSPS) is 10.1. The van der Waals surface area contributed by atoms with Gasteiger partial charge in [0.05, 0.1) is 6.54 Å². The molecule has 0 bridgehead atoms. The molecular weight excluding hydrogens is 276 g/mol. The van der Waals surface area contributed by atoms with Crippen molar-refractivity contribution in [3.05, 3.63) is 28.7 Å². The van der Waals surface area contributed by atoms with E-state index in [-0.39, 0.29) is 6.61 Å². The standard InChI is InChI=1S/C10H13BrN2O3/c11-8-1-3-9(4-2-8)15-6-5-13-16-7-10(12)14/h1-4,13H,5-7H2,(H2,12,14).